The first-order valence-corrected chi connectivity index (χ1v) is 6.07. The number of rotatable bonds is 4. The van der Waals surface area contributed by atoms with Crippen LogP contribution in [0.3, 0.4) is 0 Å². The molecule has 0 unspecified atom stereocenters. The number of carboxylic acid groups (broad SMARTS) is 1. The smallest absolute Gasteiger partial charge is 0.354 e. The van der Waals surface area contributed by atoms with Crippen molar-refractivity contribution in [2.24, 2.45) is 0 Å². The fourth-order valence-corrected chi connectivity index (χ4v) is 1.67. The van der Waals surface area contributed by atoms with Crippen LogP contribution in [0.2, 0.25) is 0 Å². The minimum Gasteiger partial charge on any atom is -0.477 e. The van der Waals surface area contributed by atoms with Gasteiger partial charge in [0.25, 0.3) is 0 Å². The topological polar surface area (TPSA) is 90.1 Å². The van der Waals surface area contributed by atoms with E-state index in [1.807, 2.05) is 30.3 Å². The second-order valence-corrected chi connectivity index (χ2v) is 4.09. The van der Waals surface area contributed by atoms with Crippen LogP contribution >= 0.6 is 0 Å². The molecule has 0 bridgehead atoms. The summed E-state index contributed by atoms with van der Waals surface area (Å²) in [6, 6.07) is 12.5. The third-order valence-electron chi connectivity index (χ3n) is 2.66. The highest BCUT2D eigenvalue weighted by atomic mass is 16.5. The Labute approximate surface area is 119 Å². The summed E-state index contributed by atoms with van der Waals surface area (Å²) < 4.78 is 6.99. The number of hydrogen-bond acceptors (Lipinski definition) is 5. The SMILES string of the molecule is O=C(O)c1ccc(Oc2ncn(-c3ccccc3)n2)cn1. The number of aromatic nitrogens is 4. The summed E-state index contributed by atoms with van der Waals surface area (Å²) in [6.45, 7) is 0. The third kappa shape index (κ3) is 2.86. The van der Waals surface area contributed by atoms with Gasteiger partial charge < -0.3 is 9.84 Å². The van der Waals surface area contributed by atoms with E-state index in [-0.39, 0.29) is 11.7 Å². The van der Waals surface area contributed by atoms with Gasteiger partial charge in [0, 0.05) is 0 Å². The molecule has 0 atom stereocenters. The van der Waals surface area contributed by atoms with Crippen LogP contribution in [0.5, 0.6) is 11.8 Å². The van der Waals surface area contributed by atoms with Gasteiger partial charge in [-0.2, -0.15) is 4.98 Å². The highest BCUT2D eigenvalue weighted by Crippen LogP contribution is 2.17. The van der Waals surface area contributed by atoms with Crippen LogP contribution in [-0.2, 0) is 0 Å². The van der Waals surface area contributed by atoms with Crippen LogP contribution in [0.4, 0.5) is 0 Å². The zero-order valence-electron chi connectivity index (χ0n) is 10.7. The summed E-state index contributed by atoms with van der Waals surface area (Å²) in [4.78, 5) is 18.5. The quantitative estimate of drug-likeness (QED) is 0.788. The van der Waals surface area contributed by atoms with Crippen molar-refractivity contribution in [3.8, 4) is 17.4 Å². The number of hydrogen-bond donors (Lipinski definition) is 1. The molecule has 7 heteroatoms. The van der Waals surface area contributed by atoms with E-state index in [0.717, 1.165) is 5.69 Å². The number of benzene rings is 1. The monoisotopic (exact) mass is 282 g/mol. The van der Waals surface area contributed by atoms with Gasteiger partial charge in [-0.1, -0.05) is 18.2 Å². The number of ether oxygens (including phenoxy) is 1. The third-order valence-corrected chi connectivity index (χ3v) is 2.66. The van der Waals surface area contributed by atoms with Gasteiger partial charge in [-0.15, -0.1) is 5.10 Å². The molecule has 21 heavy (non-hydrogen) atoms. The molecule has 2 aromatic heterocycles. The van der Waals surface area contributed by atoms with Crippen LogP contribution in [0.25, 0.3) is 5.69 Å². The average Bonchev–Trinajstić information content (AvgIpc) is 2.97. The van der Waals surface area contributed by atoms with E-state index in [9.17, 15) is 4.79 Å². The van der Waals surface area contributed by atoms with Crippen molar-refractivity contribution in [2.75, 3.05) is 0 Å². The lowest BCUT2D eigenvalue weighted by Gasteiger charge is -2.01. The predicted molar refractivity (Wildman–Crippen MR) is 72.6 cm³/mol. The predicted octanol–water partition coefficient (Wildman–Crippen LogP) is 2.15. The fourth-order valence-electron chi connectivity index (χ4n) is 1.67. The zero-order valence-corrected chi connectivity index (χ0v) is 10.7. The van der Waals surface area contributed by atoms with Crippen molar-refractivity contribution < 1.29 is 14.6 Å². The number of carbonyl (C=O) groups is 1. The van der Waals surface area contributed by atoms with Crippen LogP contribution in [0.1, 0.15) is 10.5 Å². The molecule has 0 amide bonds. The molecule has 0 fully saturated rings. The minimum absolute atomic E-state index is 0.0508. The van der Waals surface area contributed by atoms with E-state index >= 15 is 0 Å². The van der Waals surface area contributed by atoms with E-state index < -0.39 is 5.97 Å². The number of nitrogens with zero attached hydrogens (tertiary/aromatic N) is 4. The molecular weight excluding hydrogens is 272 g/mol. The second-order valence-electron chi connectivity index (χ2n) is 4.09. The van der Waals surface area contributed by atoms with Gasteiger partial charge in [-0.25, -0.2) is 14.5 Å². The molecule has 0 saturated heterocycles. The Balaban J connectivity index is 1.77. The average molecular weight is 282 g/mol. The molecule has 7 nitrogen and oxygen atoms in total. The van der Waals surface area contributed by atoms with Gasteiger partial charge in [-0.3, -0.25) is 0 Å². The van der Waals surface area contributed by atoms with Crippen molar-refractivity contribution in [3.63, 3.8) is 0 Å². The van der Waals surface area contributed by atoms with Crippen LogP contribution in [0, 0.1) is 0 Å². The van der Waals surface area contributed by atoms with Crippen LogP contribution in [-0.4, -0.2) is 30.8 Å². The van der Waals surface area contributed by atoms with E-state index in [1.165, 1.54) is 24.7 Å². The molecule has 3 aromatic rings. The molecule has 0 radical (unpaired) electrons. The number of aromatic carboxylic acids is 1. The maximum atomic E-state index is 10.7. The molecule has 1 N–H and O–H groups in total. The van der Waals surface area contributed by atoms with Gasteiger partial charge in [0.15, 0.2) is 0 Å². The molecular formula is C14H10N4O3. The molecule has 104 valence electrons. The first-order chi connectivity index (χ1) is 10.2. The normalized spacial score (nSPS) is 10.3. The molecule has 0 aliphatic rings. The molecule has 2 heterocycles. The van der Waals surface area contributed by atoms with Crippen molar-refractivity contribution in [1.82, 2.24) is 19.7 Å². The van der Waals surface area contributed by atoms with E-state index in [4.69, 9.17) is 9.84 Å². The van der Waals surface area contributed by atoms with E-state index in [0.29, 0.717) is 5.75 Å². The number of pyridine rings is 1. The summed E-state index contributed by atoms with van der Waals surface area (Å²) in [7, 11) is 0. The van der Waals surface area contributed by atoms with Crippen molar-refractivity contribution in [3.05, 3.63) is 60.7 Å². The van der Waals surface area contributed by atoms with Gasteiger partial charge in [0.2, 0.25) is 0 Å². The van der Waals surface area contributed by atoms with Gasteiger partial charge in [0.05, 0.1) is 11.9 Å². The first-order valence-electron chi connectivity index (χ1n) is 6.07. The Morgan fingerprint density at radius 2 is 1.90 bits per heavy atom. The summed E-state index contributed by atoms with van der Waals surface area (Å²) in [5.74, 6) is -0.723. The summed E-state index contributed by atoms with van der Waals surface area (Å²) in [5.41, 5.74) is 0.810. The van der Waals surface area contributed by atoms with Crippen molar-refractivity contribution in [2.45, 2.75) is 0 Å². The lowest BCUT2D eigenvalue weighted by molar-refractivity contribution is 0.0690. The highest BCUT2D eigenvalue weighted by Gasteiger charge is 2.07. The standard InChI is InChI=1S/C14H10N4O3/c19-13(20)12-7-6-11(8-15-12)21-14-16-9-18(17-14)10-4-2-1-3-5-10/h1-9H,(H,19,20). The number of para-hydroxylation sites is 1. The van der Waals surface area contributed by atoms with E-state index in [1.54, 1.807) is 4.68 Å². The maximum absolute atomic E-state index is 10.7. The summed E-state index contributed by atoms with van der Waals surface area (Å²) in [5, 5.41) is 12.9. The lowest BCUT2D eigenvalue weighted by Crippen LogP contribution is -1.99. The van der Waals surface area contributed by atoms with Crippen LogP contribution < -0.4 is 4.74 Å². The summed E-state index contributed by atoms with van der Waals surface area (Å²) in [6.07, 6.45) is 2.84. The highest BCUT2D eigenvalue weighted by molar-refractivity contribution is 5.85. The lowest BCUT2D eigenvalue weighted by atomic mass is 10.3. The Kier molecular flexibility index (Phi) is 3.30. The van der Waals surface area contributed by atoms with Gasteiger partial charge >= 0.3 is 12.0 Å². The van der Waals surface area contributed by atoms with Crippen LogP contribution in [0.15, 0.2) is 55.0 Å². The Morgan fingerprint density at radius 3 is 2.57 bits per heavy atom. The van der Waals surface area contributed by atoms with Crippen molar-refractivity contribution in [1.29, 1.82) is 0 Å². The molecule has 0 saturated carbocycles. The Hall–Kier alpha value is -3.22. The van der Waals surface area contributed by atoms with E-state index in [2.05, 4.69) is 15.1 Å². The summed E-state index contributed by atoms with van der Waals surface area (Å²) >= 11 is 0. The molecule has 0 aliphatic carbocycles. The molecule has 0 spiro atoms. The van der Waals surface area contributed by atoms with Gasteiger partial charge in [-0.05, 0) is 24.3 Å². The Bertz CT molecular complexity index is 753. The molecule has 0 aliphatic heterocycles. The number of carboxylic acids is 1. The minimum atomic E-state index is -1.09. The zero-order chi connectivity index (χ0) is 14.7. The first kappa shape index (κ1) is 12.8. The molecule has 3 rings (SSSR count). The van der Waals surface area contributed by atoms with Gasteiger partial charge in [0.1, 0.15) is 17.8 Å². The maximum Gasteiger partial charge on any atom is 0.354 e. The Morgan fingerprint density at radius 1 is 1.10 bits per heavy atom. The largest absolute Gasteiger partial charge is 0.477 e. The second kappa shape index (κ2) is 5.41. The molecule has 1 aromatic carbocycles. The fraction of sp³-hybridized carbons (Fsp3) is 0. The van der Waals surface area contributed by atoms with Crippen molar-refractivity contribution >= 4 is 5.97 Å².